The van der Waals surface area contributed by atoms with Crippen molar-refractivity contribution >= 4 is 0 Å². The van der Waals surface area contributed by atoms with Gasteiger partial charge in [-0.15, -0.1) is 0 Å². The predicted molar refractivity (Wildman–Crippen MR) is 83.7 cm³/mol. The van der Waals surface area contributed by atoms with Crippen LogP contribution in [0.25, 0.3) is 0 Å². The second-order valence-corrected chi connectivity index (χ2v) is 8.94. The molecule has 2 N–H and O–H groups in total. The molecule has 0 aromatic heterocycles. The zero-order chi connectivity index (χ0) is 14.8. The summed E-state index contributed by atoms with van der Waals surface area (Å²) in [6.07, 6.45) is 11.2. The molecule has 0 unspecified atom stereocenters. The molecule has 4 aliphatic carbocycles. The highest BCUT2D eigenvalue weighted by molar-refractivity contribution is 5.25. The molecule has 118 valence electrons. The van der Waals surface area contributed by atoms with E-state index in [9.17, 15) is 10.2 Å². The highest BCUT2D eigenvalue weighted by Crippen LogP contribution is 2.64. The van der Waals surface area contributed by atoms with E-state index in [-0.39, 0.29) is 12.2 Å². The van der Waals surface area contributed by atoms with Crippen molar-refractivity contribution < 1.29 is 10.2 Å². The largest absolute Gasteiger partial charge is 0.393 e. The summed E-state index contributed by atoms with van der Waals surface area (Å²) in [6, 6.07) is 0. The average molecular weight is 290 g/mol. The normalized spacial score (nSPS) is 56.2. The van der Waals surface area contributed by atoms with E-state index in [0.717, 1.165) is 43.9 Å². The van der Waals surface area contributed by atoms with Crippen LogP contribution in [-0.4, -0.2) is 22.4 Å². The molecule has 4 aliphatic rings. The maximum Gasteiger partial charge on any atom is 0.0577 e. The summed E-state index contributed by atoms with van der Waals surface area (Å²) in [5, 5.41) is 20.2. The SMILES string of the molecule is C[C@]12CC[C@H]3[C@@H](CC=C4C[C@H](O)CC[C@@]43C)[C@@H]1C[C@@H](O)C2. The summed E-state index contributed by atoms with van der Waals surface area (Å²) < 4.78 is 0. The van der Waals surface area contributed by atoms with Crippen molar-refractivity contribution in [1.82, 2.24) is 0 Å². The topological polar surface area (TPSA) is 40.5 Å². The van der Waals surface area contributed by atoms with Gasteiger partial charge in [-0.05, 0) is 80.0 Å². The number of aliphatic hydroxyl groups is 2. The van der Waals surface area contributed by atoms with E-state index in [2.05, 4.69) is 19.9 Å². The van der Waals surface area contributed by atoms with Crippen LogP contribution >= 0.6 is 0 Å². The Morgan fingerprint density at radius 3 is 2.67 bits per heavy atom. The fraction of sp³-hybridized carbons (Fsp3) is 0.895. The van der Waals surface area contributed by atoms with Crippen LogP contribution in [0.2, 0.25) is 0 Å². The van der Waals surface area contributed by atoms with Crippen LogP contribution in [0, 0.1) is 28.6 Å². The van der Waals surface area contributed by atoms with Gasteiger partial charge >= 0.3 is 0 Å². The molecular weight excluding hydrogens is 260 g/mol. The average Bonchev–Trinajstić information content (AvgIpc) is 2.74. The lowest BCUT2D eigenvalue weighted by Gasteiger charge is -2.57. The van der Waals surface area contributed by atoms with Gasteiger partial charge in [-0.1, -0.05) is 25.5 Å². The van der Waals surface area contributed by atoms with Crippen LogP contribution in [0.15, 0.2) is 11.6 Å². The van der Waals surface area contributed by atoms with Gasteiger partial charge in [0, 0.05) is 0 Å². The molecule has 2 nitrogen and oxygen atoms in total. The molecule has 21 heavy (non-hydrogen) atoms. The molecular formula is C19H30O2. The molecule has 2 heteroatoms. The van der Waals surface area contributed by atoms with Crippen molar-refractivity contribution in [1.29, 1.82) is 0 Å². The summed E-state index contributed by atoms with van der Waals surface area (Å²) in [5.41, 5.74) is 2.26. The maximum absolute atomic E-state index is 10.2. The first kappa shape index (κ1) is 14.3. The molecule has 4 rings (SSSR count). The van der Waals surface area contributed by atoms with Gasteiger partial charge < -0.3 is 10.2 Å². The van der Waals surface area contributed by atoms with Gasteiger partial charge in [0.25, 0.3) is 0 Å². The summed E-state index contributed by atoms with van der Waals surface area (Å²) in [5.74, 6) is 2.27. The van der Waals surface area contributed by atoms with Crippen LogP contribution < -0.4 is 0 Å². The Labute approximate surface area is 128 Å². The summed E-state index contributed by atoms with van der Waals surface area (Å²) >= 11 is 0. The smallest absolute Gasteiger partial charge is 0.0577 e. The van der Waals surface area contributed by atoms with Gasteiger partial charge in [0.05, 0.1) is 12.2 Å². The van der Waals surface area contributed by atoms with Gasteiger partial charge in [0.1, 0.15) is 0 Å². The first-order chi connectivity index (χ1) is 9.92. The Bertz CT molecular complexity index is 470. The minimum Gasteiger partial charge on any atom is -0.393 e. The van der Waals surface area contributed by atoms with Crippen LogP contribution in [0.3, 0.4) is 0 Å². The third-order valence-corrected chi connectivity index (χ3v) is 7.82. The lowest BCUT2D eigenvalue weighted by atomic mass is 9.48. The molecule has 0 spiro atoms. The van der Waals surface area contributed by atoms with Crippen molar-refractivity contribution in [3.63, 3.8) is 0 Å². The standard InChI is InChI=1S/C19H30O2/c1-18-7-6-16-15(17(18)10-14(21)11-18)4-3-12-9-13(20)5-8-19(12,16)2/h3,13-17,20-21H,4-11H2,1-2H3/t13-,14-,15-,16+,17+,18-,19+/m1/s1. The minimum atomic E-state index is -0.108. The zero-order valence-corrected chi connectivity index (χ0v) is 13.5. The van der Waals surface area contributed by atoms with E-state index < -0.39 is 0 Å². The van der Waals surface area contributed by atoms with E-state index in [0.29, 0.717) is 16.7 Å². The number of aliphatic hydroxyl groups excluding tert-OH is 2. The summed E-state index contributed by atoms with van der Waals surface area (Å²) in [4.78, 5) is 0. The summed E-state index contributed by atoms with van der Waals surface area (Å²) in [6.45, 7) is 4.89. The Morgan fingerprint density at radius 1 is 1.05 bits per heavy atom. The molecule has 0 aromatic carbocycles. The Morgan fingerprint density at radius 2 is 1.86 bits per heavy atom. The van der Waals surface area contributed by atoms with Gasteiger partial charge in [-0.3, -0.25) is 0 Å². The van der Waals surface area contributed by atoms with Crippen molar-refractivity contribution in [2.75, 3.05) is 0 Å². The third-order valence-electron chi connectivity index (χ3n) is 7.82. The second kappa shape index (κ2) is 4.58. The molecule has 0 aliphatic heterocycles. The number of allylic oxidation sites excluding steroid dienone is 1. The van der Waals surface area contributed by atoms with Gasteiger partial charge in [0.15, 0.2) is 0 Å². The molecule has 3 fully saturated rings. The van der Waals surface area contributed by atoms with Crippen molar-refractivity contribution in [2.24, 2.45) is 28.6 Å². The third kappa shape index (κ3) is 1.98. The van der Waals surface area contributed by atoms with Crippen LogP contribution in [-0.2, 0) is 0 Å². The van der Waals surface area contributed by atoms with Crippen molar-refractivity contribution in [3.05, 3.63) is 11.6 Å². The molecule has 0 heterocycles. The quantitative estimate of drug-likeness (QED) is 0.668. The fourth-order valence-electron chi connectivity index (χ4n) is 6.66. The molecule has 0 bridgehead atoms. The van der Waals surface area contributed by atoms with Crippen LogP contribution in [0.5, 0.6) is 0 Å². The van der Waals surface area contributed by atoms with E-state index >= 15 is 0 Å². The van der Waals surface area contributed by atoms with E-state index in [1.54, 1.807) is 5.57 Å². The summed E-state index contributed by atoms with van der Waals surface area (Å²) in [7, 11) is 0. The minimum absolute atomic E-state index is 0.0647. The Balaban J connectivity index is 1.67. The molecule has 7 atom stereocenters. The predicted octanol–water partition coefficient (Wildman–Crippen LogP) is 3.67. The lowest BCUT2D eigenvalue weighted by Crippen LogP contribution is -2.49. The molecule has 0 radical (unpaired) electrons. The van der Waals surface area contributed by atoms with Crippen LogP contribution in [0.1, 0.15) is 65.2 Å². The number of rotatable bonds is 0. The van der Waals surface area contributed by atoms with Gasteiger partial charge in [0.2, 0.25) is 0 Å². The fourth-order valence-corrected chi connectivity index (χ4v) is 6.66. The van der Waals surface area contributed by atoms with E-state index in [1.807, 2.05) is 0 Å². The Hall–Kier alpha value is -0.340. The zero-order valence-electron chi connectivity index (χ0n) is 13.5. The number of hydrogen-bond donors (Lipinski definition) is 2. The lowest BCUT2D eigenvalue weighted by molar-refractivity contribution is -0.0360. The molecule has 0 saturated heterocycles. The van der Waals surface area contributed by atoms with Gasteiger partial charge in [-0.2, -0.15) is 0 Å². The number of fused-ring (bicyclic) bond motifs is 5. The number of hydrogen-bond acceptors (Lipinski definition) is 2. The monoisotopic (exact) mass is 290 g/mol. The van der Waals surface area contributed by atoms with Gasteiger partial charge in [-0.25, -0.2) is 0 Å². The van der Waals surface area contributed by atoms with E-state index in [4.69, 9.17) is 0 Å². The molecule has 0 amide bonds. The van der Waals surface area contributed by atoms with Crippen LogP contribution in [0.4, 0.5) is 0 Å². The van der Waals surface area contributed by atoms with Crippen molar-refractivity contribution in [3.8, 4) is 0 Å². The van der Waals surface area contributed by atoms with E-state index in [1.165, 1.54) is 19.3 Å². The second-order valence-electron chi connectivity index (χ2n) is 8.94. The maximum atomic E-state index is 10.2. The Kier molecular flexibility index (Phi) is 3.11. The molecule has 3 saturated carbocycles. The van der Waals surface area contributed by atoms with Crippen molar-refractivity contribution in [2.45, 2.75) is 77.4 Å². The first-order valence-corrected chi connectivity index (χ1v) is 8.98. The highest BCUT2D eigenvalue weighted by atomic mass is 16.3. The molecule has 0 aromatic rings. The highest BCUT2D eigenvalue weighted by Gasteiger charge is 2.57. The first-order valence-electron chi connectivity index (χ1n) is 8.98.